The number of nitrogens with zero attached hydrogens (tertiary/aromatic N) is 1. The molecule has 1 heterocycles. The highest BCUT2D eigenvalue weighted by Gasteiger charge is 2.18. The highest BCUT2D eigenvalue weighted by atomic mass is 16.3. The van der Waals surface area contributed by atoms with E-state index in [2.05, 4.69) is 6.07 Å². The first-order valence-corrected chi connectivity index (χ1v) is 20.6. The van der Waals surface area contributed by atoms with Crippen molar-refractivity contribution in [2.24, 2.45) is 0 Å². The Kier molecular flexibility index (Phi) is 6.76. The first-order valence-electron chi connectivity index (χ1n) is 24.6. The Morgan fingerprint density at radius 1 is 0.323 bits per heavy atom. The molecule has 2 heteroatoms. The van der Waals surface area contributed by atoms with Crippen molar-refractivity contribution in [1.82, 2.24) is 0 Å². The van der Waals surface area contributed by atoms with Crippen LogP contribution in [0.15, 0.2) is 241 Å². The number of rotatable bonds is 7. The fourth-order valence-corrected chi connectivity index (χ4v) is 8.73. The zero-order valence-corrected chi connectivity index (χ0v) is 33.3. The summed E-state index contributed by atoms with van der Waals surface area (Å²) >= 11 is 0. The summed E-state index contributed by atoms with van der Waals surface area (Å²) in [6.45, 7) is 0. The van der Waals surface area contributed by atoms with Gasteiger partial charge in [0.1, 0.15) is 11.2 Å². The van der Waals surface area contributed by atoms with E-state index in [0.717, 1.165) is 65.4 Å². The van der Waals surface area contributed by atoms with Gasteiger partial charge in [0, 0.05) is 33.2 Å². The molecule has 0 amide bonds. The van der Waals surface area contributed by atoms with Gasteiger partial charge in [-0.15, -0.1) is 0 Å². The van der Waals surface area contributed by atoms with Gasteiger partial charge in [0.05, 0.1) is 11.0 Å². The second kappa shape index (κ2) is 14.8. The second-order valence-electron chi connectivity index (χ2n) is 15.4. The third kappa shape index (κ3) is 6.20. The predicted octanol–water partition coefficient (Wildman–Crippen LogP) is 17.2. The van der Waals surface area contributed by atoms with Gasteiger partial charge in [-0.2, -0.15) is 0 Å². The summed E-state index contributed by atoms with van der Waals surface area (Å²) in [5, 5.41) is 7.81. The number of fused-ring (bicyclic) bond motifs is 8. The van der Waals surface area contributed by atoms with E-state index in [-0.39, 0.29) is 46.7 Å². The molecule has 0 bridgehead atoms. The molecule has 0 saturated heterocycles. The van der Waals surface area contributed by atoms with Crippen LogP contribution in [0.3, 0.4) is 0 Å². The number of furan rings is 1. The molecule has 0 N–H and O–H groups in total. The fraction of sp³-hybridized carbons (Fsp3) is 0. The molecule has 0 aliphatic rings. The molecule has 12 rings (SSSR count). The van der Waals surface area contributed by atoms with Gasteiger partial charge >= 0.3 is 0 Å². The average Bonchev–Trinajstić information content (AvgIpc) is 3.80. The smallest absolute Gasteiger partial charge is 0.143 e. The number of benzene rings is 11. The number of anilines is 3. The van der Waals surface area contributed by atoms with Crippen LogP contribution in [0.5, 0.6) is 0 Å². The minimum absolute atomic E-state index is 0.0945. The molecular weight excluding hydrogens is 751 g/mol. The van der Waals surface area contributed by atoms with Crippen molar-refractivity contribution < 1.29 is 15.4 Å². The molecule has 290 valence electrons. The van der Waals surface area contributed by atoms with Crippen LogP contribution in [-0.4, -0.2) is 0 Å². The summed E-state index contributed by atoms with van der Waals surface area (Å²) in [5.41, 5.74) is 5.93. The summed E-state index contributed by atoms with van der Waals surface area (Å²) in [6, 6.07) is 57.2. The lowest BCUT2D eigenvalue weighted by Gasteiger charge is -2.26. The molecule has 2 nitrogen and oxygen atoms in total. The van der Waals surface area contributed by atoms with Gasteiger partial charge in [-0.25, -0.2) is 0 Å². The largest absolute Gasteiger partial charge is 0.455 e. The molecule has 1 aromatic heterocycles. The second-order valence-corrected chi connectivity index (χ2v) is 15.4. The minimum Gasteiger partial charge on any atom is -0.455 e. The van der Waals surface area contributed by atoms with Gasteiger partial charge in [0.15, 0.2) is 0 Å². The van der Waals surface area contributed by atoms with Gasteiger partial charge in [-0.3, -0.25) is 0 Å². The molecule has 12 aromatic rings. The van der Waals surface area contributed by atoms with Crippen LogP contribution in [0.4, 0.5) is 17.1 Å². The third-order valence-corrected chi connectivity index (χ3v) is 11.8. The molecule has 0 unspecified atom stereocenters. The molecular formula is C60H39NO. The van der Waals surface area contributed by atoms with Crippen molar-refractivity contribution in [3.63, 3.8) is 0 Å². The van der Waals surface area contributed by atoms with Crippen molar-refractivity contribution in [3.8, 4) is 44.5 Å². The van der Waals surface area contributed by atoms with E-state index in [1.54, 1.807) is 24.3 Å². The SMILES string of the molecule is [2H]c1c([2H])c(N(c2cccc(-c3cccc4oc5c6ccccc6ccc5c34)c2)c2c([2H])c([2H])c(-c3ccc4c(ccc5ccccc54)c3)c([2H])c2[2H])c([2H])c([2H])c1-c1ccc(-c2ccccc2)cc1. The van der Waals surface area contributed by atoms with Crippen LogP contribution in [0.1, 0.15) is 11.0 Å². The first kappa shape index (κ1) is 28.3. The fourth-order valence-electron chi connectivity index (χ4n) is 8.73. The van der Waals surface area contributed by atoms with Crippen LogP contribution in [0.25, 0.3) is 98.8 Å². The van der Waals surface area contributed by atoms with E-state index in [1.165, 1.54) is 4.90 Å². The van der Waals surface area contributed by atoms with E-state index >= 15 is 0 Å². The van der Waals surface area contributed by atoms with E-state index < -0.39 is 24.2 Å². The van der Waals surface area contributed by atoms with Crippen LogP contribution >= 0.6 is 0 Å². The molecule has 0 aliphatic heterocycles. The van der Waals surface area contributed by atoms with Crippen molar-refractivity contribution in [2.45, 2.75) is 0 Å². The highest BCUT2D eigenvalue weighted by Crippen LogP contribution is 2.43. The summed E-state index contributed by atoms with van der Waals surface area (Å²) in [5.74, 6) is 0. The molecule has 62 heavy (non-hydrogen) atoms. The Bertz CT molecular complexity index is 4050. The molecule has 0 spiro atoms. The Labute approximate surface area is 371 Å². The lowest BCUT2D eigenvalue weighted by molar-refractivity contribution is 0.673. The van der Waals surface area contributed by atoms with Crippen molar-refractivity contribution in [1.29, 1.82) is 0 Å². The lowest BCUT2D eigenvalue weighted by Crippen LogP contribution is -2.10. The predicted molar refractivity (Wildman–Crippen MR) is 263 cm³/mol. The third-order valence-electron chi connectivity index (χ3n) is 11.8. The van der Waals surface area contributed by atoms with Crippen LogP contribution in [0.2, 0.25) is 0 Å². The molecule has 0 saturated carbocycles. The maximum absolute atomic E-state index is 9.74. The molecule has 11 aromatic carbocycles. The molecule has 0 fully saturated rings. The Balaban J connectivity index is 1.07. The minimum atomic E-state index is -0.411. The molecule has 0 atom stereocenters. The van der Waals surface area contributed by atoms with Crippen LogP contribution in [0, 0.1) is 0 Å². The molecule has 0 radical (unpaired) electrons. The van der Waals surface area contributed by atoms with Gasteiger partial charge < -0.3 is 9.32 Å². The average molecular weight is 798 g/mol. The quantitative estimate of drug-likeness (QED) is 0.149. The van der Waals surface area contributed by atoms with E-state index in [1.807, 2.05) is 158 Å². The summed E-state index contributed by atoms with van der Waals surface area (Å²) in [7, 11) is 0. The van der Waals surface area contributed by atoms with E-state index in [4.69, 9.17) is 4.42 Å². The van der Waals surface area contributed by atoms with Gasteiger partial charge in [0.25, 0.3) is 0 Å². The normalized spacial score (nSPS) is 13.4. The van der Waals surface area contributed by atoms with E-state index in [9.17, 15) is 11.0 Å². The monoisotopic (exact) mass is 797 g/mol. The van der Waals surface area contributed by atoms with E-state index in [0.29, 0.717) is 28.0 Å². The van der Waals surface area contributed by atoms with Crippen molar-refractivity contribution in [2.75, 3.05) is 4.90 Å². The maximum Gasteiger partial charge on any atom is 0.143 e. The van der Waals surface area contributed by atoms with Crippen LogP contribution in [-0.2, 0) is 0 Å². The topological polar surface area (TPSA) is 16.4 Å². The first-order chi connectivity index (χ1) is 34.1. The van der Waals surface area contributed by atoms with Crippen molar-refractivity contribution in [3.05, 3.63) is 236 Å². The summed E-state index contributed by atoms with van der Waals surface area (Å²) < 4.78 is 83.5. The van der Waals surface area contributed by atoms with Gasteiger partial charge in [-0.1, -0.05) is 182 Å². The zero-order chi connectivity index (χ0) is 47.9. The zero-order valence-electron chi connectivity index (χ0n) is 41.3. The van der Waals surface area contributed by atoms with Crippen molar-refractivity contribution >= 4 is 71.3 Å². The van der Waals surface area contributed by atoms with Gasteiger partial charge in [0.2, 0.25) is 0 Å². The highest BCUT2D eigenvalue weighted by molar-refractivity contribution is 6.19. The van der Waals surface area contributed by atoms with Crippen LogP contribution < -0.4 is 4.90 Å². The Morgan fingerprint density at radius 2 is 0.855 bits per heavy atom. The number of hydrogen-bond donors (Lipinski definition) is 0. The maximum atomic E-state index is 9.74. The Hall–Kier alpha value is -8.20. The molecule has 0 aliphatic carbocycles. The summed E-state index contributed by atoms with van der Waals surface area (Å²) in [4.78, 5) is 1.37. The van der Waals surface area contributed by atoms with Gasteiger partial charge in [-0.05, 0) is 126 Å². The summed E-state index contributed by atoms with van der Waals surface area (Å²) in [6.07, 6.45) is 0. The number of hydrogen-bond acceptors (Lipinski definition) is 2. The standard InChI is InChI=1S/C60H39NO/c1-2-10-40(11-3-1)41-20-22-42(23-21-41)43-26-32-50(33-27-43)61(51-34-28-44(29-35-51)47-31-36-54-49(38-47)25-24-45-12-4-6-16-53(45)54)52-15-8-14-48(39-52)55-18-9-19-58-59(55)57-37-30-46-13-5-7-17-56(46)60(57)62-58/h1-39H/i26D,27D,28D,29D,32D,33D,34D,35D. The lowest BCUT2D eigenvalue weighted by atomic mass is 9.97. The Morgan fingerprint density at radius 3 is 1.61 bits per heavy atom.